The number of carbonyl (C=O) groups excluding carboxylic acids is 3. The predicted molar refractivity (Wildman–Crippen MR) is 133 cm³/mol. The molecule has 3 amide bonds. The first-order valence-electron chi connectivity index (χ1n) is 10.00. The van der Waals surface area contributed by atoms with Gasteiger partial charge in [0.05, 0.1) is 21.9 Å². The molecule has 0 aliphatic rings. The van der Waals surface area contributed by atoms with Gasteiger partial charge in [-0.05, 0) is 43.3 Å². The van der Waals surface area contributed by atoms with Crippen LogP contribution in [0, 0.1) is 6.92 Å². The summed E-state index contributed by atoms with van der Waals surface area (Å²) in [5, 5.41) is 9.44. The average Bonchev–Trinajstić information content (AvgIpc) is 2.82. The second kappa shape index (κ2) is 11.8. The number of nitrogens with zero attached hydrogens (tertiary/aromatic N) is 1. The van der Waals surface area contributed by atoms with Crippen LogP contribution in [0.5, 0.6) is 5.75 Å². The number of hydrazone groups is 1. The molecule has 3 aromatic rings. The fourth-order valence-corrected chi connectivity index (χ4v) is 3.03. The number of hydrogen-bond acceptors (Lipinski definition) is 5. The number of rotatable bonds is 7. The maximum atomic E-state index is 12.2. The van der Waals surface area contributed by atoms with Crippen molar-refractivity contribution >= 4 is 58.5 Å². The van der Waals surface area contributed by atoms with Crippen molar-refractivity contribution < 1.29 is 19.1 Å². The van der Waals surface area contributed by atoms with E-state index in [1.807, 2.05) is 19.1 Å². The van der Waals surface area contributed by atoms with Gasteiger partial charge in [0, 0.05) is 11.3 Å². The summed E-state index contributed by atoms with van der Waals surface area (Å²) in [6.07, 6.45) is 1.30. The first-order chi connectivity index (χ1) is 16.3. The Morgan fingerprint density at radius 3 is 2.41 bits per heavy atom. The highest BCUT2D eigenvalue weighted by Gasteiger charge is 2.13. The van der Waals surface area contributed by atoms with E-state index in [4.69, 9.17) is 27.9 Å². The molecule has 34 heavy (non-hydrogen) atoms. The number of ether oxygens (including phenoxy) is 1. The van der Waals surface area contributed by atoms with E-state index in [0.29, 0.717) is 27.7 Å². The summed E-state index contributed by atoms with van der Waals surface area (Å²) >= 11 is 12.0. The Hall–Kier alpha value is -3.88. The lowest BCUT2D eigenvalue weighted by Gasteiger charge is -2.11. The molecular formula is C24H20Cl2N4O4. The SMILES string of the molecule is Cc1ccc(NC(=O)C(=O)N/N=C\c2ccccc2OCC(=O)Nc2cccc(Cl)c2Cl)cc1. The van der Waals surface area contributed by atoms with Crippen LogP contribution >= 0.6 is 23.2 Å². The molecule has 0 aliphatic carbocycles. The van der Waals surface area contributed by atoms with Crippen molar-refractivity contribution in [3.05, 3.63) is 87.9 Å². The Labute approximate surface area is 205 Å². The number of aryl methyl sites for hydroxylation is 1. The standard InChI is InChI=1S/C24H20Cl2N4O4/c1-15-9-11-17(12-10-15)28-23(32)24(33)30-27-13-16-5-2-3-8-20(16)34-14-21(31)29-19-7-4-6-18(25)22(19)26/h2-13H,14H2,1H3,(H,28,32)(H,29,31)(H,30,33)/b27-13-. The third-order valence-corrected chi connectivity index (χ3v) is 5.21. The molecule has 3 N–H and O–H groups in total. The van der Waals surface area contributed by atoms with E-state index in [1.165, 1.54) is 6.21 Å². The van der Waals surface area contributed by atoms with Crippen LogP contribution in [0.3, 0.4) is 0 Å². The van der Waals surface area contributed by atoms with Crippen LogP contribution in [-0.4, -0.2) is 30.5 Å². The first kappa shape index (κ1) is 24.8. The van der Waals surface area contributed by atoms with Crippen LogP contribution < -0.4 is 20.8 Å². The van der Waals surface area contributed by atoms with Gasteiger partial charge >= 0.3 is 11.8 Å². The van der Waals surface area contributed by atoms with Crippen molar-refractivity contribution in [1.82, 2.24) is 5.43 Å². The van der Waals surface area contributed by atoms with E-state index in [1.54, 1.807) is 54.6 Å². The third kappa shape index (κ3) is 7.06. The second-order valence-electron chi connectivity index (χ2n) is 7.00. The topological polar surface area (TPSA) is 109 Å². The average molecular weight is 499 g/mol. The smallest absolute Gasteiger partial charge is 0.329 e. The number of nitrogens with one attached hydrogen (secondary N) is 3. The molecule has 8 nitrogen and oxygen atoms in total. The van der Waals surface area contributed by atoms with Gasteiger partial charge in [0.15, 0.2) is 6.61 Å². The fourth-order valence-electron chi connectivity index (χ4n) is 2.68. The summed E-state index contributed by atoms with van der Waals surface area (Å²) in [5.74, 6) is -1.90. The van der Waals surface area contributed by atoms with Gasteiger partial charge in [0.2, 0.25) is 0 Å². The largest absolute Gasteiger partial charge is 0.483 e. The van der Waals surface area contributed by atoms with Crippen LogP contribution in [0.2, 0.25) is 10.0 Å². The monoisotopic (exact) mass is 498 g/mol. The number of amides is 3. The molecule has 174 valence electrons. The minimum absolute atomic E-state index is 0.229. The summed E-state index contributed by atoms with van der Waals surface area (Å²) in [4.78, 5) is 36.2. The zero-order valence-electron chi connectivity index (χ0n) is 18.0. The molecule has 0 fully saturated rings. The van der Waals surface area contributed by atoms with Gasteiger partial charge in [0.25, 0.3) is 5.91 Å². The second-order valence-corrected chi connectivity index (χ2v) is 7.78. The fraction of sp³-hybridized carbons (Fsp3) is 0.0833. The quantitative estimate of drug-likeness (QED) is 0.254. The van der Waals surface area contributed by atoms with Crippen molar-refractivity contribution in [2.24, 2.45) is 5.10 Å². The lowest BCUT2D eigenvalue weighted by atomic mass is 10.2. The molecule has 0 aromatic heterocycles. The van der Waals surface area contributed by atoms with Crippen molar-refractivity contribution in [3.8, 4) is 5.75 Å². The van der Waals surface area contributed by atoms with E-state index in [0.717, 1.165) is 5.56 Å². The lowest BCUT2D eigenvalue weighted by molar-refractivity contribution is -0.136. The molecule has 0 heterocycles. The van der Waals surface area contributed by atoms with Gasteiger partial charge in [-0.3, -0.25) is 14.4 Å². The van der Waals surface area contributed by atoms with Crippen molar-refractivity contribution in [3.63, 3.8) is 0 Å². The normalized spacial score (nSPS) is 10.6. The Morgan fingerprint density at radius 1 is 0.912 bits per heavy atom. The Balaban J connectivity index is 1.54. The summed E-state index contributed by atoms with van der Waals surface area (Å²) in [6, 6.07) is 18.6. The van der Waals surface area contributed by atoms with Crippen LogP contribution in [-0.2, 0) is 14.4 Å². The lowest BCUT2D eigenvalue weighted by Crippen LogP contribution is -2.32. The number of carbonyl (C=O) groups is 3. The van der Waals surface area contributed by atoms with E-state index in [9.17, 15) is 14.4 Å². The van der Waals surface area contributed by atoms with E-state index in [-0.39, 0.29) is 11.6 Å². The van der Waals surface area contributed by atoms with Gasteiger partial charge < -0.3 is 15.4 Å². The number of halogens is 2. The Morgan fingerprint density at radius 2 is 1.65 bits per heavy atom. The first-order valence-corrected chi connectivity index (χ1v) is 10.8. The highest BCUT2D eigenvalue weighted by atomic mass is 35.5. The molecule has 3 aromatic carbocycles. The van der Waals surface area contributed by atoms with Gasteiger partial charge in [-0.15, -0.1) is 0 Å². The van der Waals surface area contributed by atoms with Gasteiger partial charge in [-0.25, -0.2) is 5.43 Å². The molecule has 0 saturated carbocycles. The van der Waals surface area contributed by atoms with E-state index in [2.05, 4.69) is 21.2 Å². The molecule has 3 rings (SSSR count). The number of anilines is 2. The van der Waals surface area contributed by atoms with Crippen molar-refractivity contribution in [2.45, 2.75) is 6.92 Å². The van der Waals surface area contributed by atoms with Crippen molar-refractivity contribution in [2.75, 3.05) is 17.2 Å². The van der Waals surface area contributed by atoms with E-state index < -0.39 is 17.7 Å². The Kier molecular flexibility index (Phi) is 8.61. The zero-order chi connectivity index (χ0) is 24.5. The number of para-hydroxylation sites is 1. The van der Waals surface area contributed by atoms with Crippen LogP contribution in [0.25, 0.3) is 0 Å². The molecule has 0 unspecified atom stereocenters. The molecule has 0 bridgehead atoms. The van der Waals surface area contributed by atoms with Gasteiger partial charge in [-0.1, -0.05) is 59.1 Å². The highest BCUT2D eigenvalue weighted by Crippen LogP contribution is 2.29. The molecular weight excluding hydrogens is 479 g/mol. The minimum Gasteiger partial charge on any atom is -0.483 e. The number of hydrogen-bond donors (Lipinski definition) is 3. The molecule has 0 aliphatic heterocycles. The molecule has 10 heteroatoms. The van der Waals surface area contributed by atoms with Crippen molar-refractivity contribution in [1.29, 1.82) is 0 Å². The van der Waals surface area contributed by atoms with E-state index >= 15 is 0 Å². The molecule has 0 atom stereocenters. The zero-order valence-corrected chi connectivity index (χ0v) is 19.5. The maximum absolute atomic E-state index is 12.2. The minimum atomic E-state index is -0.937. The molecule has 0 saturated heterocycles. The summed E-state index contributed by atoms with van der Waals surface area (Å²) in [7, 11) is 0. The molecule has 0 radical (unpaired) electrons. The Bertz CT molecular complexity index is 1230. The van der Waals surface area contributed by atoms with Gasteiger partial charge in [-0.2, -0.15) is 5.10 Å². The van der Waals surface area contributed by atoms with Crippen LogP contribution in [0.1, 0.15) is 11.1 Å². The summed E-state index contributed by atoms with van der Waals surface area (Å²) in [5.41, 5.74) is 4.52. The van der Waals surface area contributed by atoms with Gasteiger partial charge in [0.1, 0.15) is 5.75 Å². The summed E-state index contributed by atoms with van der Waals surface area (Å²) in [6.45, 7) is 1.61. The predicted octanol–water partition coefficient (Wildman–Crippen LogP) is 4.41. The number of benzene rings is 3. The highest BCUT2D eigenvalue weighted by molar-refractivity contribution is 6.44. The van der Waals surface area contributed by atoms with Crippen LogP contribution in [0.4, 0.5) is 11.4 Å². The maximum Gasteiger partial charge on any atom is 0.329 e. The van der Waals surface area contributed by atoms with Crippen LogP contribution in [0.15, 0.2) is 71.8 Å². The molecule has 0 spiro atoms. The third-order valence-electron chi connectivity index (χ3n) is 4.39. The summed E-state index contributed by atoms with van der Waals surface area (Å²) < 4.78 is 5.56.